The Bertz CT molecular complexity index is 414. The molecule has 1 aliphatic carbocycles. The SMILES string of the molecule is CCCC1CCC(O)(Cc2ccc(C)c(C)c2)CC1. The van der Waals surface area contributed by atoms with Crippen LogP contribution in [0.5, 0.6) is 0 Å². The van der Waals surface area contributed by atoms with Gasteiger partial charge in [-0.25, -0.2) is 0 Å². The van der Waals surface area contributed by atoms with Crippen molar-refractivity contribution < 1.29 is 5.11 Å². The second-order valence-corrected chi connectivity index (χ2v) is 6.55. The molecule has 2 rings (SSSR count). The number of aliphatic hydroxyl groups is 1. The Hall–Kier alpha value is -0.820. The van der Waals surface area contributed by atoms with Crippen LogP contribution in [-0.4, -0.2) is 10.7 Å². The Morgan fingerprint density at radius 2 is 1.84 bits per heavy atom. The van der Waals surface area contributed by atoms with E-state index in [9.17, 15) is 5.11 Å². The van der Waals surface area contributed by atoms with E-state index < -0.39 is 5.60 Å². The summed E-state index contributed by atoms with van der Waals surface area (Å²) in [4.78, 5) is 0. The Labute approximate surface area is 118 Å². The molecule has 19 heavy (non-hydrogen) atoms. The molecule has 1 aliphatic rings. The fourth-order valence-corrected chi connectivity index (χ4v) is 3.38. The first-order chi connectivity index (χ1) is 9.02. The predicted molar refractivity (Wildman–Crippen MR) is 81.4 cm³/mol. The van der Waals surface area contributed by atoms with Crippen LogP contribution >= 0.6 is 0 Å². The Morgan fingerprint density at radius 3 is 2.42 bits per heavy atom. The minimum Gasteiger partial charge on any atom is -0.390 e. The summed E-state index contributed by atoms with van der Waals surface area (Å²) in [7, 11) is 0. The van der Waals surface area contributed by atoms with Gasteiger partial charge in [0.2, 0.25) is 0 Å². The topological polar surface area (TPSA) is 20.2 Å². The van der Waals surface area contributed by atoms with Crippen LogP contribution in [0, 0.1) is 19.8 Å². The largest absolute Gasteiger partial charge is 0.390 e. The molecule has 0 heterocycles. The van der Waals surface area contributed by atoms with E-state index in [1.807, 2.05) is 0 Å². The van der Waals surface area contributed by atoms with E-state index in [1.54, 1.807) is 0 Å². The van der Waals surface area contributed by atoms with E-state index in [-0.39, 0.29) is 0 Å². The standard InChI is InChI=1S/C18H28O/c1-4-5-16-8-10-18(19,11-9-16)13-17-7-6-14(2)15(3)12-17/h6-7,12,16,19H,4-5,8-11,13H2,1-3H3. The van der Waals surface area contributed by atoms with Gasteiger partial charge in [0.15, 0.2) is 0 Å². The highest BCUT2D eigenvalue weighted by molar-refractivity contribution is 5.30. The molecule has 0 spiro atoms. The van der Waals surface area contributed by atoms with Crippen molar-refractivity contribution in [2.24, 2.45) is 5.92 Å². The normalized spacial score (nSPS) is 27.5. The summed E-state index contributed by atoms with van der Waals surface area (Å²) in [5.74, 6) is 0.852. The van der Waals surface area contributed by atoms with Crippen molar-refractivity contribution >= 4 is 0 Å². The molecule has 0 unspecified atom stereocenters. The summed E-state index contributed by atoms with van der Waals surface area (Å²) in [6.07, 6.45) is 7.80. The van der Waals surface area contributed by atoms with Crippen molar-refractivity contribution in [1.29, 1.82) is 0 Å². The number of benzene rings is 1. The second-order valence-electron chi connectivity index (χ2n) is 6.55. The van der Waals surface area contributed by atoms with E-state index in [0.717, 1.165) is 25.2 Å². The van der Waals surface area contributed by atoms with Crippen molar-refractivity contribution in [1.82, 2.24) is 0 Å². The molecule has 0 amide bonds. The van der Waals surface area contributed by atoms with Gasteiger partial charge in [0.25, 0.3) is 0 Å². The van der Waals surface area contributed by atoms with Crippen molar-refractivity contribution in [2.75, 3.05) is 0 Å². The fraction of sp³-hybridized carbons (Fsp3) is 0.667. The maximum atomic E-state index is 10.8. The predicted octanol–water partition coefficient (Wildman–Crippen LogP) is 4.57. The monoisotopic (exact) mass is 260 g/mol. The van der Waals surface area contributed by atoms with Crippen LogP contribution < -0.4 is 0 Å². The van der Waals surface area contributed by atoms with Gasteiger partial charge >= 0.3 is 0 Å². The molecule has 1 aromatic rings. The molecule has 0 aromatic heterocycles. The molecule has 1 aromatic carbocycles. The van der Waals surface area contributed by atoms with Crippen LogP contribution in [0.3, 0.4) is 0 Å². The molecule has 0 radical (unpaired) electrons. The van der Waals surface area contributed by atoms with Crippen LogP contribution in [0.4, 0.5) is 0 Å². The highest BCUT2D eigenvalue weighted by Gasteiger charge is 2.32. The first-order valence-corrected chi connectivity index (χ1v) is 7.81. The third-order valence-corrected chi connectivity index (χ3v) is 4.84. The van der Waals surface area contributed by atoms with E-state index >= 15 is 0 Å². The molecule has 0 atom stereocenters. The van der Waals surface area contributed by atoms with Crippen LogP contribution in [-0.2, 0) is 6.42 Å². The molecule has 1 heteroatoms. The number of aryl methyl sites for hydroxylation is 2. The molecule has 0 bridgehead atoms. The second kappa shape index (κ2) is 6.09. The molecule has 0 aliphatic heterocycles. The van der Waals surface area contributed by atoms with Gasteiger partial charge in [-0.1, -0.05) is 38.0 Å². The third kappa shape index (κ3) is 3.82. The highest BCUT2D eigenvalue weighted by atomic mass is 16.3. The van der Waals surface area contributed by atoms with Gasteiger partial charge in [0.1, 0.15) is 0 Å². The number of rotatable bonds is 4. The van der Waals surface area contributed by atoms with E-state index in [1.165, 1.54) is 42.4 Å². The minimum absolute atomic E-state index is 0.452. The number of hydrogen-bond donors (Lipinski definition) is 1. The van der Waals surface area contributed by atoms with Gasteiger partial charge in [0, 0.05) is 6.42 Å². The van der Waals surface area contributed by atoms with Crippen molar-refractivity contribution in [3.8, 4) is 0 Å². The average molecular weight is 260 g/mol. The van der Waals surface area contributed by atoms with Gasteiger partial charge < -0.3 is 5.11 Å². The molecule has 0 saturated heterocycles. The van der Waals surface area contributed by atoms with Crippen molar-refractivity contribution in [2.45, 2.75) is 71.3 Å². The summed E-state index contributed by atoms with van der Waals surface area (Å²) < 4.78 is 0. The van der Waals surface area contributed by atoms with Gasteiger partial charge in [-0.05, 0) is 62.1 Å². The zero-order valence-electron chi connectivity index (χ0n) is 12.7. The summed E-state index contributed by atoms with van der Waals surface area (Å²) in [5.41, 5.74) is 3.51. The molecule has 1 N–H and O–H groups in total. The molecular formula is C18H28O. The summed E-state index contributed by atoms with van der Waals surface area (Å²) >= 11 is 0. The molecule has 106 valence electrons. The smallest absolute Gasteiger partial charge is 0.0688 e. The lowest BCUT2D eigenvalue weighted by Gasteiger charge is -2.36. The third-order valence-electron chi connectivity index (χ3n) is 4.84. The molecule has 1 fully saturated rings. The van der Waals surface area contributed by atoms with Gasteiger partial charge in [-0.3, -0.25) is 0 Å². The Balaban J connectivity index is 1.96. The van der Waals surface area contributed by atoms with E-state index in [0.29, 0.717) is 0 Å². The minimum atomic E-state index is -0.452. The highest BCUT2D eigenvalue weighted by Crippen LogP contribution is 2.36. The zero-order chi connectivity index (χ0) is 13.9. The maximum Gasteiger partial charge on any atom is 0.0688 e. The summed E-state index contributed by atoms with van der Waals surface area (Å²) in [6.45, 7) is 6.56. The lowest BCUT2D eigenvalue weighted by atomic mass is 9.74. The Kier molecular flexibility index (Phi) is 4.67. The first kappa shape index (κ1) is 14.6. The first-order valence-electron chi connectivity index (χ1n) is 7.81. The lowest BCUT2D eigenvalue weighted by molar-refractivity contribution is -0.00987. The molecule has 1 saturated carbocycles. The van der Waals surface area contributed by atoms with Crippen molar-refractivity contribution in [3.63, 3.8) is 0 Å². The van der Waals surface area contributed by atoms with Crippen LogP contribution in [0.2, 0.25) is 0 Å². The molecular weight excluding hydrogens is 232 g/mol. The number of hydrogen-bond acceptors (Lipinski definition) is 1. The van der Waals surface area contributed by atoms with Crippen LogP contribution in [0.1, 0.15) is 62.1 Å². The zero-order valence-corrected chi connectivity index (χ0v) is 12.7. The maximum absolute atomic E-state index is 10.8. The van der Waals surface area contributed by atoms with Gasteiger partial charge in [0.05, 0.1) is 5.60 Å². The van der Waals surface area contributed by atoms with E-state index in [4.69, 9.17) is 0 Å². The average Bonchev–Trinajstić information content (AvgIpc) is 2.37. The lowest BCUT2D eigenvalue weighted by Crippen LogP contribution is -2.36. The van der Waals surface area contributed by atoms with Crippen LogP contribution in [0.15, 0.2) is 18.2 Å². The summed E-state index contributed by atoms with van der Waals surface area (Å²) in [6, 6.07) is 6.60. The van der Waals surface area contributed by atoms with Crippen LogP contribution in [0.25, 0.3) is 0 Å². The quantitative estimate of drug-likeness (QED) is 0.841. The van der Waals surface area contributed by atoms with E-state index in [2.05, 4.69) is 39.0 Å². The Morgan fingerprint density at radius 1 is 1.16 bits per heavy atom. The van der Waals surface area contributed by atoms with Gasteiger partial charge in [-0.2, -0.15) is 0 Å². The summed E-state index contributed by atoms with van der Waals surface area (Å²) in [5, 5.41) is 10.8. The fourth-order valence-electron chi connectivity index (χ4n) is 3.38. The molecule has 1 nitrogen and oxygen atoms in total. The van der Waals surface area contributed by atoms with Crippen molar-refractivity contribution in [3.05, 3.63) is 34.9 Å². The van der Waals surface area contributed by atoms with Gasteiger partial charge in [-0.15, -0.1) is 0 Å².